The molecule has 2 aliphatic heterocycles. The van der Waals surface area contributed by atoms with E-state index in [4.69, 9.17) is 9.47 Å². The molecule has 1 atom stereocenters. The summed E-state index contributed by atoms with van der Waals surface area (Å²) in [7, 11) is -2.74. The van der Waals surface area contributed by atoms with Crippen molar-refractivity contribution in [3.05, 3.63) is 29.8 Å². The molecule has 2 aliphatic rings. The maximum atomic E-state index is 13.1. The third kappa shape index (κ3) is 5.92. The van der Waals surface area contributed by atoms with Gasteiger partial charge in [-0.15, -0.1) is 0 Å². The molecule has 0 aromatic heterocycles. The van der Waals surface area contributed by atoms with Crippen LogP contribution in [0, 0.1) is 5.92 Å². The zero-order chi connectivity index (χ0) is 24.0. The Morgan fingerprint density at radius 1 is 0.970 bits per heavy atom. The Balaban J connectivity index is 1.58. The number of likely N-dealkylation sites (tertiary alicyclic amines) is 1. The molecular weight excluding hydrogens is 448 g/mol. The third-order valence-electron chi connectivity index (χ3n) is 6.26. The fourth-order valence-corrected chi connectivity index (χ4v) is 5.96. The summed E-state index contributed by atoms with van der Waals surface area (Å²) in [5.74, 6) is -1.86. The number of hydrogen-bond acceptors (Lipinski definition) is 7. The van der Waals surface area contributed by atoms with Gasteiger partial charge in [-0.3, -0.25) is 9.59 Å². The molecule has 0 bridgehead atoms. The van der Waals surface area contributed by atoms with Gasteiger partial charge in [0.05, 0.1) is 23.5 Å². The first-order chi connectivity index (χ1) is 15.8. The number of hydrogen-bond donors (Lipinski definition) is 0. The van der Waals surface area contributed by atoms with Crippen LogP contribution < -0.4 is 0 Å². The van der Waals surface area contributed by atoms with Crippen molar-refractivity contribution in [1.29, 1.82) is 0 Å². The van der Waals surface area contributed by atoms with Crippen molar-refractivity contribution in [2.45, 2.75) is 56.4 Å². The van der Waals surface area contributed by atoms with Gasteiger partial charge in [-0.05, 0) is 44.7 Å². The van der Waals surface area contributed by atoms with Crippen LogP contribution in [0.15, 0.2) is 29.2 Å². The maximum absolute atomic E-state index is 13.1. The first kappa shape index (κ1) is 25.2. The molecule has 0 radical (unpaired) electrons. The highest BCUT2D eigenvalue weighted by molar-refractivity contribution is 7.89. The van der Waals surface area contributed by atoms with E-state index >= 15 is 0 Å². The van der Waals surface area contributed by atoms with Gasteiger partial charge in [-0.1, -0.05) is 25.0 Å². The fourth-order valence-electron chi connectivity index (χ4n) is 4.31. The second-order valence-corrected chi connectivity index (χ2v) is 10.4. The Labute approximate surface area is 195 Å². The standard InChI is InChI=1S/C23H32N2O7S/c1-17(21(26)24-13-7-3-4-8-14-24)32-22(27)18-11-15-25(16-12-18)33(29,30)20-10-6-5-9-19(20)23(28)31-2/h5-6,9-10,17-18H,3-4,7-8,11-16H2,1-2H3/t17-/m1/s1. The van der Waals surface area contributed by atoms with Gasteiger partial charge in [0.1, 0.15) is 0 Å². The SMILES string of the molecule is COC(=O)c1ccccc1S(=O)(=O)N1CCC(C(=O)O[C@H](C)C(=O)N2CCCCCC2)CC1. The predicted molar refractivity (Wildman–Crippen MR) is 120 cm³/mol. The Morgan fingerprint density at radius 3 is 2.18 bits per heavy atom. The third-order valence-corrected chi connectivity index (χ3v) is 8.21. The van der Waals surface area contributed by atoms with Crippen LogP contribution in [0.5, 0.6) is 0 Å². The highest BCUT2D eigenvalue weighted by atomic mass is 32.2. The lowest BCUT2D eigenvalue weighted by atomic mass is 9.98. The van der Waals surface area contributed by atoms with E-state index in [1.54, 1.807) is 24.0 Å². The van der Waals surface area contributed by atoms with Gasteiger partial charge >= 0.3 is 11.9 Å². The first-order valence-electron chi connectivity index (χ1n) is 11.4. The van der Waals surface area contributed by atoms with Crippen LogP contribution >= 0.6 is 0 Å². The quantitative estimate of drug-likeness (QED) is 0.574. The topological polar surface area (TPSA) is 110 Å². The summed E-state index contributed by atoms with van der Waals surface area (Å²) >= 11 is 0. The monoisotopic (exact) mass is 480 g/mol. The van der Waals surface area contributed by atoms with Crippen LogP contribution in [0.4, 0.5) is 0 Å². The minimum absolute atomic E-state index is 0.0256. The van der Waals surface area contributed by atoms with Gasteiger partial charge in [0.2, 0.25) is 10.0 Å². The van der Waals surface area contributed by atoms with E-state index in [2.05, 4.69) is 0 Å². The number of benzene rings is 1. The molecule has 0 aliphatic carbocycles. The second-order valence-electron chi connectivity index (χ2n) is 8.48. The Bertz CT molecular complexity index is 963. The summed E-state index contributed by atoms with van der Waals surface area (Å²) in [6, 6.07) is 5.90. The van der Waals surface area contributed by atoms with Crippen molar-refractivity contribution in [1.82, 2.24) is 9.21 Å². The number of methoxy groups -OCH3 is 1. The van der Waals surface area contributed by atoms with E-state index in [-0.39, 0.29) is 42.3 Å². The van der Waals surface area contributed by atoms with Gasteiger partial charge in [0, 0.05) is 26.2 Å². The number of ether oxygens (including phenoxy) is 2. The molecule has 2 fully saturated rings. The number of rotatable bonds is 6. The number of esters is 2. The van der Waals surface area contributed by atoms with Crippen molar-refractivity contribution >= 4 is 27.9 Å². The largest absolute Gasteiger partial charge is 0.465 e. The summed E-state index contributed by atoms with van der Waals surface area (Å²) < 4.78 is 37.7. The second kappa shape index (κ2) is 11.1. The zero-order valence-corrected chi connectivity index (χ0v) is 20.0. The van der Waals surface area contributed by atoms with E-state index in [1.807, 2.05) is 0 Å². The number of carbonyl (C=O) groups excluding carboxylic acids is 3. The first-order valence-corrected chi connectivity index (χ1v) is 12.9. The normalized spacial score (nSPS) is 19.4. The van der Waals surface area contributed by atoms with Gasteiger partial charge < -0.3 is 14.4 Å². The molecule has 0 saturated carbocycles. The summed E-state index contributed by atoms with van der Waals surface area (Å²) in [5, 5.41) is 0. The zero-order valence-electron chi connectivity index (χ0n) is 19.2. The average Bonchev–Trinajstić information content (AvgIpc) is 3.12. The number of sulfonamides is 1. The van der Waals surface area contributed by atoms with E-state index in [9.17, 15) is 22.8 Å². The smallest absolute Gasteiger partial charge is 0.339 e. The van der Waals surface area contributed by atoms with E-state index in [0.717, 1.165) is 25.7 Å². The molecule has 2 heterocycles. The van der Waals surface area contributed by atoms with Crippen molar-refractivity contribution in [2.75, 3.05) is 33.3 Å². The maximum Gasteiger partial charge on any atom is 0.339 e. The lowest BCUT2D eigenvalue weighted by molar-refractivity contribution is -0.163. The molecule has 1 aromatic rings. The number of nitrogens with zero attached hydrogens (tertiary/aromatic N) is 2. The summed E-state index contributed by atoms with van der Waals surface area (Å²) in [5.41, 5.74) is -0.0256. The molecule has 3 rings (SSSR count). The van der Waals surface area contributed by atoms with Crippen LogP contribution in [0.1, 0.15) is 55.8 Å². The Hall–Kier alpha value is -2.46. The summed E-state index contributed by atoms with van der Waals surface area (Å²) in [6.07, 6.45) is 3.82. The number of carbonyl (C=O) groups is 3. The highest BCUT2D eigenvalue weighted by Crippen LogP contribution is 2.27. The predicted octanol–water partition coefficient (Wildman–Crippen LogP) is 2.21. The van der Waals surface area contributed by atoms with Gasteiger partial charge in [0.25, 0.3) is 5.91 Å². The summed E-state index contributed by atoms with van der Waals surface area (Å²) in [6.45, 7) is 3.20. The Kier molecular flexibility index (Phi) is 8.47. The van der Waals surface area contributed by atoms with Gasteiger partial charge in [-0.25, -0.2) is 13.2 Å². The van der Waals surface area contributed by atoms with Crippen molar-refractivity contribution < 1.29 is 32.3 Å². The minimum atomic E-state index is -3.93. The Morgan fingerprint density at radius 2 is 1.58 bits per heavy atom. The van der Waals surface area contributed by atoms with Crippen LogP contribution in [-0.2, 0) is 29.1 Å². The van der Waals surface area contributed by atoms with Crippen molar-refractivity contribution in [3.8, 4) is 0 Å². The van der Waals surface area contributed by atoms with Crippen molar-refractivity contribution in [3.63, 3.8) is 0 Å². The molecule has 33 heavy (non-hydrogen) atoms. The van der Waals surface area contributed by atoms with E-state index in [0.29, 0.717) is 13.1 Å². The molecule has 182 valence electrons. The van der Waals surface area contributed by atoms with Gasteiger partial charge in [0.15, 0.2) is 6.10 Å². The lowest BCUT2D eigenvalue weighted by Gasteiger charge is -2.31. The van der Waals surface area contributed by atoms with Crippen LogP contribution in [0.2, 0.25) is 0 Å². The summed E-state index contributed by atoms with van der Waals surface area (Å²) in [4.78, 5) is 38.9. The molecule has 0 N–H and O–H groups in total. The van der Waals surface area contributed by atoms with Gasteiger partial charge in [-0.2, -0.15) is 4.31 Å². The molecule has 0 unspecified atom stereocenters. The molecule has 1 amide bonds. The number of piperidine rings is 1. The average molecular weight is 481 g/mol. The van der Waals surface area contributed by atoms with Crippen LogP contribution in [0.25, 0.3) is 0 Å². The molecule has 1 aromatic carbocycles. The molecule has 2 saturated heterocycles. The van der Waals surface area contributed by atoms with Crippen molar-refractivity contribution in [2.24, 2.45) is 5.92 Å². The van der Waals surface area contributed by atoms with Crippen LogP contribution in [-0.4, -0.2) is 74.9 Å². The highest BCUT2D eigenvalue weighted by Gasteiger charge is 2.36. The molecule has 10 heteroatoms. The van der Waals surface area contributed by atoms with Crippen LogP contribution in [0.3, 0.4) is 0 Å². The molecule has 0 spiro atoms. The fraction of sp³-hybridized carbons (Fsp3) is 0.609. The number of amides is 1. The van der Waals surface area contributed by atoms with E-state index in [1.165, 1.54) is 23.5 Å². The van der Waals surface area contributed by atoms with E-state index < -0.39 is 34.0 Å². The molecular formula is C23H32N2O7S. The lowest BCUT2D eigenvalue weighted by Crippen LogP contribution is -2.44. The minimum Gasteiger partial charge on any atom is -0.465 e. The molecule has 9 nitrogen and oxygen atoms in total.